The molecule has 0 amide bonds. The molecule has 0 bridgehead atoms. The summed E-state index contributed by atoms with van der Waals surface area (Å²) < 4.78 is 0. The van der Waals surface area contributed by atoms with E-state index in [1.165, 1.54) is 6.20 Å². The van der Waals surface area contributed by atoms with Gasteiger partial charge in [-0.25, -0.2) is 0 Å². The molecule has 21 heavy (non-hydrogen) atoms. The minimum absolute atomic E-state index is 0.0105. The molecular weight excluding hydrogens is 356 g/mol. The van der Waals surface area contributed by atoms with Gasteiger partial charge in [-0.2, -0.15) is 0 Å². The van der Waals surface area contributed by atoms with E-state index < -0.39 is 5.78 Å². The van der Waals surface area contributed by atoms with Crippen LogP contribution in [0.25, 0.3) is 11.3 Å². The fraction of sp³-hybridized carbons (Fsp3) is 0. The predicted octanol–water partition coefficient (Wildman–Crippen LogP) is 5.32. The molecule has 0 radical (unpaired) electrons. The van der Waals surface area contributed by atoms with Crippen molar-refractivity contribution in [1.29, 1.82) is 0 Å². The molecule has 0 saturated carbocycles. The van der Waals surface area contributed by atoms with Crippen molar-refractivity contribution >= 4 is 63.5 Å². The van der Waals surface area contributed by atoms with Crippen LogP contribution >= 0.6 is 46.4 Å². The van der Waals surface area contributed by atoms with E-state index in [1.54, 1.807) is 18.2 Å². The van der Waals surface area contributed by atoms with Crippen molar-refractivity contribution < 1.29 is 9.90 Å². The molecule has 1 aromatic carbocycles. The molecule has 1 aliphatic rings. The normalized spacial score (nSPS) is 13.8. The van der Waals surface area contributed by atoms with Crippen molar-refractivity contribution in [1.82, 2.24) is 4.98 Å². The molecule has 1 aliphatic carbocycles. The topological polar surface area (TPSA) is 50.2 Å². The molecule has 2 aromatic rings. The number of halogens is 4. The maximum Gasteiger partial charge on any atom is 0.201 e. The minimum Gasteiger partial charge on any atom is -0.506 e. The van der Waals surface area contributed by atoms with Crippen molar-refractivity contribution in [3.05, 3.63) is 61.3 Å². The lowest BCUT2D eigenvalue weighted by Gasteiger charge is -2.09. The average Bonchev–Trinajstić information content (AvgIpc) is 2.75. The summed E-state index contributed by atoms with van der Waals surface area (Å²) in [5.74, 6) is -0.800. The molecule has 3 rings (SSSR count). The van der Waals surface area contributed by atoms with Gasteiger partial charge in [-0.15, -0.1) is 0 Å². The zero-order valence-corrected chi connectivity index (χ0v) is 13.1. The third kappa shape index (κ3) is 2.04. The number of hydrogen-bond acceptors (Lipinski definition) is 3. The molecule has 0 aliphatic heterocycles. The Balaban J connectivity index is 2.35. The summed E-state index contributed by atoms with van der Waals surface area (Å²) in [6.07, 6.45) is 1.51. The smallest absolute Gasteiger partial charge is 0.201 e. The van der Waals surface area contributed by atoms with Gasteiger partial charge in [-0.1, -0.05) is 52.5 Å². The number of fused-ring (bicyclic) bond motifs is 1. The first-order chi connectivity index (χ1) is 9.95. The van der Waals surface area contributed by atoms with Crippen LogP contribution in [0, 0.1) is 0 Å². The lowest BCUT2D eigenvalue weighted by Crippen LogP contribution is -2.01. The van der Waals surface area contributed by atoms with Gasteiger partial charge in [0.1, 0.15) is 5.76 Å². The van der Waals surface area contributed by atoms with Gasteiger partial charge in [0.25, 0.3) is 0 Å². The van der Waals surface area contributed by atoms with Crippen LogP contribution in [0.2, 0.25) is 20.1 Å². The monoisotopic (exact) mass is 359 g/mol. The Morgan fingerprint density at radius 3 is 2.10 bits per heavy atom. The van der Waals surface area contributed by atoms with Gasteiger partial charge in [0, 0.05) is 6.20 Å². The molecule has 3 nitrogen and oxygen atoms in total. The number of rotatable bonds is 1. The SMILES string of the molecule is O=C1C(c2ccccn2)=C(O)c2c(Cl)c(Cl)c(Cl)c(Cl)c21. The number of allylic oxidation sites excluding steroid dienone is 1. The quantitative estimate of drug-likeness (QED) is 0.553. The molecule has 0 spiro atoms. The van der Waals surface area contributed by atoms with Crippen molar-refractivity contribution in [2.45, 2.75) is 0 Å². The van der Waals surface area contributed by atoms with Gasteiger partial charge >= 0.3 is 0 Å². The maximum absolute atomic E-state index is 12.5. The zero-order valence-electron chi connectivity index (χ0n) is 10.1. The van der Waals surface area contributed by atoms with Crippen molar-refractivity contribution in [2.24, 2.45) is 0 Å². The summed E-state index contributed by atoms with van der Waals surface area (Å²) in [5, 5.41) is 10.3. The summed E-state index contributed by atoms with van der Waals surface area (Å²) in [6.45, 7) is 0. The molecule has 1 N–H and O–H groups in total. The fourth-order valence-corrected chi connectivity index (χ4v) is 3.20. The summed E-state index contributed by atoms with van der Waals surface area (Å²) >= 11 is 24.1. The molecule has 0 unspecified atom stereocenters. The van der Waals surface area contributed by atoms with Gasteiger partial charge < -0.3 is 5.11 Å². The highest BCUT2D eigenvalue weighted by atomic mass is 35.5. The summed E-state index contributed by atoms with van der Waals surface area (Å²) in [5.41, 5.74) is 0.458. The maximum atomic E-state index is 12.5. The van der Waals surface area contributed by atoms with Crippen molar-refractivity contribution in [2.75, 3.05) is 0 Å². The van der Waals surface area contributed by atoms with Crippen LogP contribution in [-0.4, -0.2) is 15.9 Å². The van der Waals surface area contributed by atoms with Crippen LogP contribution in [0.5, 0.6) is 0 Å². The van der Waals surface area contributed by atoms with Gasteiger partial charge in [0.15, 0.2) is 0 Å². The van der Waals surface area contributed by atoms with Crippen molar-refractivity contribution in [3.8, 4) is 0 Å². The van der Waals surface area contributed by atoms with E-state index in [2.05, 4.69) is 4.98 Å². The molecule has 106 valence electrons. The van der Waals surface area contributed by atoms with Crippen LogP contribution in [0.1, 0.15) is 21.6 Å². The number of ketones is 1. The third-order valence-electron chi connectivity index (χ3n) is 3.12. The van der Waals surface area contributed by atoms with Gasteiger partial charge in [-0.3, -0.25) is 9.78 Å². The molecule has 0 atom stereocenters. The fourth-order valence-electron chi connectivity index (χ4n) is 2.17. The van der Waals surface area contributed by atoms with Gasteiger partial charge in [-0.05, 0) is 12.1 Å². The van der Waals surface area contributed by atoms with Crippen LogP contribution in [0.3, 0.4) is 0 Å². The van der Waals surface area contributed by atoms with Gasteiger partial charge in [0.05, 0.1) is 42.5 Å². The molecule has 1 aromatic heterocycles. The number of aromatic nitrogens is 1. The Morgan fingerprint density at radius 2 is 1.52 bits per heavy atom. The number of carbonyl (C=O) groups excluding carboxylic acids is 1. The number of hydrogen-bond donors (Lipinski definition) is 1. The van der Waals surface area contributed by atoms with E-state index in [4.69, 9.17) is 46.4 Å². The Hall–Kier alpha value is -1.26. The second kappa shape index (κ2) is 5.18. The van der Waals surface area contributed by atoms with E-state index in [-0.39, 0.29) is 42.5 Å². The molecule has 0 fully saturated rings. The van der Waals surface area contributed by atoms with E-state index in [0.717, 1.165) is 0 Å². The first kappa shape index (κ1) is 14.7. The van der Waals surface area contributed by atoms with Crippen molar-refractivity contribution in [3.63, 3.8) is 0 Å². The van der Waals surface area contributed by atoms with Crippen LogP contribution < -0.4 is 0 Å². The number of benzene rings is 1. The Kier molecular flexibility index (Phi) is 3.62. The summed E-state index contributed by atoms with van der Waals surface area (Å²) in [6, 6.07) is 4.99. The second-order valence-electron chi connectivity index (χ2n) is 4.27. The van der Waals surface area contributed by atoms with E-state index in [1.807, 2.05) is 0 Å². The minimum atomic E-state index is -0.494. The lowest BCUT2D eigenvalue weighted by molar-refractivity contribution is 0.105. The van der Waals surface area contributed by atoms with Crippen LogP contribution in [-0.2, 0) is 0 Å². The highest BCUT2D eigenvalue weighted by molar-refractivity contribution is 6.56. The number of nitrogens with zero attached hydrogens (tertiary/aromatic N) is 1. The molecule has 0 saturated heterocycles. The first-order valence-electron chi connectivity index (χ1n) is 5.70. The molecule has 7 heteroatoms. The van der Waals surface area contributed by atoms with E-state index in [0.29, 0.717) is 5.69 Å². The zero-order chi connectivity index (χ0) is 15.3. The highest BCUT2D eigenvalue weighted by Gasteiger charge is 2.37. The summed E-state index contributed by atoms with van der Waals surface area (Å²) in [7, 11) is 0. The number of Topliss-reactive ketones (excluding diaryl/α,β-unsaturated/α-hetero) is 1. The second-order valence-corrected chi connectivity index (χ2v) is 5.79. The Labute approximate surface area is 139 Å². The van der Waals surface area contributed by atoms with Crippen LogP contribution in [0.4, 0.5) is 0 Å². The summed E-state index contributed by atoms with van der Waals surface area (Å²) in [4.78, 5) is 16.6. The van der Waals surface area contributed by atoms with E-state index >= 15 is 0 Å². The standard InChI is InChI=1S/C14H5Cl4NO2/c15-9-7-8(10(16)12(18)11(9)17)14(21)6(13(7)20)5-3-1-2-4-19-5/h1-4,20H. The Bertz CT molecular complexity index is 816. The molecular formula is C14H5Cl4NO2. The predicted molar refractivity (Wildman–Crippen MR) is 84.5 cm³/mol. The average molecular weight is 361 g/mol. The number of aliphatic hydroxyl groups is 1. The lowest BCUT2D eigenvalue weighted by atomic mass is 10.1. The number of aliphatic hydroxyl groups excluding tert-OH is 1. The van der Waals surface area contributed by atoms with E-state index in [9.17, 15) is 9.90 Å². The highest BCUT2D eigenvalue weighted by Crippen LogP contribution is 2.49. The third-order valence-corrected chi connectivity index (χ3v) is 4.92. The van der Waals surface area contributed by atoms with Gasteiger partial charge in [0.2, 0.25) is 5.78 Å². The Morgan fingerprint density at radius 1 is 0.905 bits per heavy atom. The number of carbonyl (C=O) groups is 1. The number of pyridine rings is 1. The molecule has 1 heterocycles. The largest absolute Gasteiger partial charge is 0.506 e. The first-order valence-corrected chi connectivity index (χ1v) is 7.22. The van der Waals surface area contributed by atoms with Crippen LogP contribution in [0.15, 0.2) is 24.4 Å².